The molecule has 0 unspecified atom stereocenters. The van der Waals surface area contributed by atoms with Gasteiger partial charge in [-0.3, -0.25) is 4.79 Å². The summed E-state index contributed by atoms with van der Waals surface area (Å²) in [5.41, 5.74) is -0.404. The standard InChI is InChI=1S/C20H21BrF3N3O3/c1-29-14-10-15(18(30-2)16(21)11-14)19(28)27-7-3-6-26(8-9-27)17-5-4-13(12-25-17)20(22,23)24/h4-5,10-12H,3,6-9H2,1-2H3. The summed E-state index contributed by atoms with van der Waals surface area (Å²) >= 11 is 3.39. The lowest BCUT2D eigenvalue weighted by Gasteiger charge is -2.24. The van der Waals surface area contributed by atoms with Crippen molar-refractivity contribution in [3.05, 3.63) is 46.1 Å². The van der Waals surface area contributed by atoms with Crippen LogP contribution < -0.4 is 14.4 Å². The van der Waals surface area contributed by atoms with Gasteiger partial charge in [-0.25, -0.2) is 4.98 Å². The fourth-order valence-electron chi connectivity index (χ4n) is 3.31. The van der Waals surface area contributed by atoms with Crippen molar-refractivity contribution < 1.29 is 27.4 Å². The molecule has 10 heteroatoms. The molecule has 3 rings (SSSR count). The Labute approximate surface area is 180 Å². The first-order chi connectivity index (χ1) is 14.2. The molecule has 1 fully saturated rings. The van der Waals surface area contributed by atoms with Gasteiger partial charge in [-0.2, -0.15) is 13.2 Å². The summed E-state index contributed by atoms with van der Waals surface area (Å²) in [5.74, 6) is 1.20. The molecule has 0 aliphatic carbocycles. The molecule has 1 saturated heterocycles. The fraction of sp³-hybridized carbons (Fsp3) is 0.400. The van der Waals surface area contributed by atoms with E-state index < -0.39 is 11.7 Å². The third kappa shape index (κ3) is 4.80. The first kappa shape index (κ1) is 22.2. The number of rotatable bonds is 4. The molecule has 0 spiro atoms. The third-order valence-corrected chi connectivity index (χ3v) is 5.46. The number of benzene rings is 1. The molecule has 1 amide bonds. The average molecular weight is 488 g/mol. The Morgan fingerprint density at radius 3 is 2.47 bits per heavy atom. The third-order valence-electron chi connectivity index (χ3n) is 4.87. The molecule has 1 aromatic carbocycles. The molecule has 0 saturated carbocycles. The molecule has 0 radical (unpaired) electrons. The highest BCUT2D eigenvalue weighted by molar-refractivity contribution is 9.10. The predicted molar refractivity (Wildman–Crippen MR) is 109 cm³/mol. The maximum Gasteiger partial charge on any atom is 0.417 e. The van der Waals surface area contributed by atoms with Gasteiger partial charge in [0, 0.05) is 32.4 Å². The Morgan fingerprint density at radius 2 is 1.87 bits per heavy atom. The number of nitrogens with zero attached hydrogens (tertiary/aromatic N) is 3. The molecule has 162 valence electrons. The maximum absolute atomic E-state index is 13.2. The second-order valence-electron chi connectivity index (χ2n) is 6.73. The molecule has 1 aliphatic rings. The van der Waals surface area contributed by atoms with Gasteiger partial charge < -0.3 is 19.3 Å². The molecule has 2 heterocycles. The second kappa shape index (κ2) is 9.11. The number of aromatic nitrogens is 1. The van der Waals surface area contributed by atoms with Crippen LogP contribution in [0.25, 0.3) is 0 Å². The van der Waals surface area contributed by atoms with Crippen molar-refractivity contribution in [3.8, 4) is 11.5 Å². The number of hydrogen-bond acceptors (Lipinski definition) is 5. The number of halogens is 4. The minimum atomic E-state index is -4.42. The van der Waals surface area contributed by atoms with Crippen molar-refractivity contribution in [2.45, 2.75) is 12.6 Å². The van der Waals surface area contributed by atoms with E-state index in [1.807, 2.05) is 4.90 Å². The lowest BCUT2D eigenvalue weighted by molar-refractivity contribution is -0.137. The zero-order valence-corrected chi connectivity index (χ0v) is 18.1. The molecule has 1 aromatic heterocycles. The Balaban J connectivity index is 1.75. The Bertz CT molecular complexity index is 907. The van der Waals surface area contributed by atoms with Crippen LogP contribution in [0.3, 0.4) is 0 Å². The van der Waals surface area contributed by atoms with Crippen LogP contribution >= 0.6 is 15.9 Å². The highest BCUT2D eigenvalue weighted by Crippen LogP contribution is 2.34. The molecule has 0 atom stereocenters. The monoisotopic (exact) mass is 487 g/mol. The minimum absolute atomic E-state index is 0.200. The van der Waals surface area contributed by atoms with E-state index in [9.17, 15) is 18.0 Å². The molecule has 30 heavy (non-hydrogen) atoms. The summed E-state index contributed by atoms with van der Waals surface area (Å²) in [7, 11) is 3.01. The number of pyridine rings is 1. The quantitative estimate of drug-likeness (QED) is 0.645. The largest absolute Gasteiger partial charge is 0.497 e. The molecular formula is C20H21BrF3N3O3. The first-order valence-corrected chi connectivity index (χ1v) is 10.0. The van der Waals surface area contributed by atoms with Crippen LogP contribution in [0.5, 0.6) is 11.5 Å². The van der Waals surface area contributed by atoms with Gasteiger partial charge in [0.1, 0.15) is 17.3 Å². The van der Waals surface area contributed by atoms with E-state index >= 15 is 0 Å². The topological polar surface area (TPSA) is 54.9 Å². The van der Waals surface area contributed by atoms with E-state index in [-0.39, 0.29) is 5.91 Å². The van der Waals surface area contributed by atoms with Gasteiger partial charge in [0.25, 0.3) is 5.91 Å². The highest BCUT2D eigenvalue weighted by Gasteiger charge is 2.31. The van der Waals surface area contributed by atoms with Crippen molar-refractivity contribution >= 4 is 27.7 Å². The van der Waals surface area contributed by atoms with Crippen LogP contribution in [-0.2, 0) is 6.18 Å². The van der Waals surface area contributed by atoms with Crippen LogP contribution in [0.4, 0.5) is 19.0 Å². The fourth-order valence-corrected chi connectivity index (χ4v) is 3.91. The van der Waals surface area contributed by atoms with Gasteiger partial charge in [0.15, 0.2) is 0 Å². The number of carbonyl (C=O) groups excluding carboxylic acids is 1. The summed E-state index contributed by atoms with van der Waals surface area (Å²) in [6.07, 6.45) is -2.93. The number of hydrogen-bond donors (Lipinski definition) is 0. The summed E-state index contributed by atoms with van der Waals surface area (Å²) in [6, 6.07) is 5.74. The number of ether oxygens (including phenoxy) is 2. The van der Waals surface area contributed by atoms with Crippen LogP contribution in [0.15, 0.2) is 34.9 Å². The van der Waals surface area contributed by atoms with E-state index in [1.54, 1.807) is 17.0 Å². The summed E-state index contributed by atoms with van der Waals surface area (Å²) in [5, 5.41) is 0. The van der Waals surface area contributed by atoms with E-state index in [0.717, 1.165) is 12.3 Å². The SMILES string of the molecule is COc1cc(Br)c(OC)c(C(=O)N2CCCN(c3ccc(C(F)(F)F)cn3)CC2)c1. The normalized spacial score (nSPS) is 15.0. The lowest BCUT2D eigenvalue weighted by Crippen LogP contribution is -2.35. The van der Waals surface area contributed by atoms with E-state index in [2.05, 4.69) is 20.9 Å². The van der Waals surface area contributed by atoms with Crippen molar-refractivity contribution in [1.29, 1.82) is 0 Å². The predicted octanol–water partition coefficient (Wildman–Crippen LogP) is 4.23. The lowest BCUT2D eigenvalue weighted by atomic mass is 10.1. The number of alkyl halides is 3. The van der Waals surface area contributed by atoms with Gasteiger partial charge in [-0.15, -0.1) is 0 Å². The smallest absolute Gasteiger partial charge is 0.417 e. The Kier molecular flexibility index (Phi) is 6.74. The zero-order chi connectivity index (χ0) is 21.9. The summed E-state index contributed by atoms with van der Waals surface area (Å²) in [4.78, 5) is 20.7. The van der Waals surface area contributed by atoms with Gasteiger partial charge in [-0.05, 0) is 46.6 Å². The molecule has 1 aliphatic heterocycles. The number of amides is 1. The van der Waals surface area contributed by atoms with Crippen molar-refractivity contribution in [2.24, 2.45) is 0 Å². The minimum Gasteiger partial charge on any atom is -0.497 e. The summed E-state index contributed by atoms with van der Waals surface area (Å²) < 4.78 is 49.5. The van der Waals surface area contributed by atoms with Crippen LogP contribution in [0.1, 0.15) is 22.3 Å². The average Bonchev–Trinajstić information content (AvgIpc) is 2.98. The number of carbonyl (C=O) groups is 1. The maximum atomic E-state index is 13.2. The molecular weight excluding hydrogens is 467 g/mol. The molecule has 6 nitrogen and oxygen atoms in total. The molecule has 2 aromatic rings. The van der Waals surface area contributed by atoms with Crippen molar-refractivity contribution in [1.82, 2.24) is 9.88 Å². The van der Waals surface area contributed by atoms with E-state index in [4.69, 9.17) is 9.47 Å². The molecule has 0 N–H and O–H groups in total. The number of anilines is 1. The summed E-state index contributed by atoms with van der Waals surface area (Å²) in [6.45, 7) is 1.95. The van der Waals surface area contributed by atoms with Crippen LogP contribution in [0, 0.1) is 0 Å². The number of methoxy groups -OCH3 is 2. The molecule has 0 bridgehead atoms. The zero-order valence-electron chi connectivity index (χ0n) is 16.5. The van der Waals surface area contributed by atoms with E-state index in [1.165, 1.54) is 20.3 Å². The van der Waals surface area contributed by atoms with Gasteiger partial charge >= 0.3 is 6.18 Å². The van der Waals surface area contributed by atoms with Gasteiger partial charge in [0.05, 0.1) is 29.8 Å². The van der Waals surface area contributed by atoms with Gasteiger partial charge in [0.2, 0.25) is 0 Å². The second-order valence-corrected chi connectivity index (χ2v) is 7.58. The van der Waals surface area contributed by atoms with Crippen molar-refractivity contribution in [2.75, 3.05) is 45.3 Å². The van der Waals surface area contributed by atoms with Crippen LogP contribution in [0.2, 0.25) is 0 Å². The van der Waals surface area contributed by atoms with Crippen LogP contribution in [-0.4, -0.2) is 56.2 Å². The first-order valence-electron chi connectivity index (χ1n) is 9.23. The highest BCUT2D eigenvalue weighted by atomic mass is 79.9. The Morgan fingerprint density at radius 1 is 1.10 bits per heavy atom. The Hall–Kier alpha value is -2.49. The van der Waals surface area contributed by atoms with Gasteiger partial charge in [-0.1, -0.05) is 0 Å². The van der Waals surface area contributed by atoms with Crippen molar-refractivity contribution in [3.63, 3.8) is 0 Å². The van der Waals surface area contributed by atoms with E-state index in [0.29, 0.717) is 60.0 Å².